The molecule has 7 aromatic carbocycles. The van der Waals surface area contributed by atoms with Crippen LogP contribution in [0.5, 0.6) is 34.5 Å². The fourth-order valence-electron chi connectivity index (χ4n) is 13.0. The maximum atomic E-state index is 12.9. The van der Waals surface area contributed by atoms with Crippen LogP contribution in [0.15, 0.2) is 277 Å². The van der Waals surface area contributed by atoms with Gasteiger partial charge in [-0.15, -0.1) is 11.3 Å². The van der Waals surface area contributed by atoms with Crippen molar-refractivity contribution >= 4 is 21.4 Å². The number of aryl methyl sites for hydroxylation is 6. The minimum atomic E-state index is -4.42. The molecule has 0 unspecified atom stereocenters. The molecule has 0 radical (unpaired) electrons. The zero-order valence-electron chi connectivity index (χ0n) is 72.9. The number of benzene rings is 7. The van der Waals surface area contributed by atoms with Crippen molar-refractivity contribution in [2.75, 3.05) is 34.5 Å². The average Bonchev–Trinajstić information content (AvgIpc) is 1.53. The maximum absolute atomic E-state index is 12.9. The van der Waals surface area contributed by atoms with Gasteiger partial charge in [-0.05, 0) is 222 Å². The lowest BCUT2D eigenvalue weighted by molar-refractivity contribution is -0.138. The Labute approximate surface area is 753 Å². The van der Waals surface area contributed by atoms with E-state index in [-0.39, 0.29) is 28.7 Å². The standard InChI is InChI=1S/C18H14N2O2S.C17H17N3O.C16H18N4O2.C16H15N3O3.C15H10F3N3O.C15H13N3O3/c1-11-7-8-13(9-14(11)21-2)17-19-18(22-20-17)16-10-12-5-3-4-6-15(12)23-16;1-2-3-4-13-5-7-15(8-6-13)17-19-16(20-21-17)14-9-11-18-12-10-14;1-5-20-13(8-11(3)18-20)16-17-15(19-22-16)12-7-6-10(2)14(9-12)21-4;1-3-21-14-10-12(4-5-13(14)20-2)16-18-15(19-22-16)11-6-8-17-9-7-11;1-9-2-3-11(8-12(9)15(16,17)18)14-20-13(21-22-14)10-4-6-19-7-5-10;1-2-20-11-3-4-12(13(19)9-11)15-17-14(18-21-15)10-5-7-16-8-6-10/h3-10H,1-2H3;5-12H,2-4H2,1H3;6-9H,5H2,1-4H3;4-10H,3H2,1-2H3;2-8H,1H3;3-9,19H,2H2,1H3. The largest absolute Gasteiger partial charge is 0.507 e. The molecule has 0 bridgehead atoms. The molecule has 0 atom stereocenters. The van der Waals surface area contributed by atoms with Crippen LogP contribution in [0.4, 0.5) is 13.2 Å². The highest BCUT2D eigenvalue weighted by Crippen LogP contribution is 2.40. The highest BCUT2D eigenvalue weighted by Gasteiger charge is 2.33. The number of alkyl halides is 3. The first kappa shape index (κ1) is 91.0. The number of thiophene rings is 1. The molecule has 0 saturated carbocycles. The van der Waals surface area contributed by atoms with E-state index >= 15 is 0 Å². The summed E-state index contributed by atoms with van der Waals surface area (Å²) in [5, 5.41) is 39.5. The Hall–Kier alpha value is -16.3. The van der Waals surface area contributed by atoms with Gasteiger partial charge in [-0.25, -0.2) is 0 Å². The van der Waals surface area contributed by atoms with E-state index in [1.807, 2.05) is 155 Å². The number of phenols is 1. The summed E-state index contributed by atoms with van der Waals surface area (Å²) in [5.41, 5.74) is 12.0. The Morgan fingerprint density at radius 1 is 0.389 bits per heavy atom. The molecule has 12 aromatic heterocycles. The van der Waals surface area contributed by atoms with Gasteiger partial charge in [0.15, 0.2) is 11.5 Å². The smallest absolute Gasteiger partial charge is 0.416 e. The van der Waals surface area contributed by atoms with E-state index in [4.69, 9.17) is 50.8 Å². The lowest BCUT2D eigenvalue weighted by atomic mass is 10.0. The number of nitrogens with zero attached hydrogens (tertiary/aromatic N) is 18. The molecular formula is C97H87F3N18O12S. The second kappa shape index (κ2) is 43.3. The number of rotatable bonds is 23. The number of halogens is 3. The molecule has 19 aromatic rings. The number of pyridine rings is 4. The molecule has 0 aliphatic carbocycles. The van der Waals surface area contributed by atoms with Crippen molar-refractivity contribution in [3.8, 4) is 171 Å². The molecule has 0 aliphatic rings. The fourth-order valence-corrected chi connectivity index (χ4v) is 13.9. The number of fused-ring (bicyclic) bond motifs is 1. The molecule has 19 rings (SSSR count). The van der Waals surface area contributed by atoms with E-state index in [2.05, 4.69) is 123 Å². The van der Waals surface area contributed by atoms with Crippen molar-refractivity contribution in [1.29, 1.82) is 0 Å². The summed E-state index contributed by atoms with van der Waals surface area (Å²) in [6.07, 6.45) is 12.4. The van der Waals surface area contributed by atoms with Gasteiger partial charge in [0, 0.05) is 117 Å². The first-order chi connectivity index (χ1) is 63.8. The van der Waals surface area contributed by atoms with Crippen LogP contribution in [-0.2, 0) is 19.1 Å². The van der Waals surface area contributed by atoms with Crippen LogP contribution in [-0.4, -0.2) is 130 Å². The van der Waals surface area contributed by atoms with Gasteiger partial charge in [0.2, 0.25) is 34.9 Å². The second-order valence-electron chi connectivity index (χ2n) is 28.7. The van der Waals surface area contributed by atoms with Crippen LogP contribution in [0.25, 0.3) is 147 Å². The molecule has 0 spiro atoms. The summed E-state index contributed by atoms with van der Waals surface area (Å²) < 4.78 is 101. The summed E-state index contributed by atoms with van der Waals surface area (Å²) >= 11 is 1.65. The number of methoxy groups -OCH3 is 3. The van der Waals surface area contributed by atoms with Gasteiger partial charge >= 0.3 is 6.18 Å². The van der Waals surface area contributed by atoms with Gasteiger partial charge in [-0.2, -0.15) is 48.2 Å². The molecule has 34 heteroatoms. The molecule has 0 aliphatic heterocycles. The highest BCUT2D eigenvalue weighted by atomic mass is 32.1. The normalized spacial score (nSPS) is 10.9. The Bertz CT molecular complexity index is 6870. The van der Waals surface area contributed by atoms with Crippen molar-refractivity contribution < 1.29 is 69.1 Å². The van der Waals surface area contributed by atoms with E-state index in [1.54, 1.807) is 119 Å². The first-order valence-corrected chi connectivity index (χ1v) is 42.1. The van der Waals surface area contributed by atoms with Gasteiger partial charge in [-0.1, -0.05) is 105 Å². The first-order valence-electron chi connectivity index (χ1n) is 41.3. The number of aromatic nitrogens is 18. The number of ether oxygens (including phenoxy) is 5. The van der Waals surface area contributed by atoms with Crippen molar-refractivity contribution in [3.63, 3.8) is 0 Å². The quantitative estimate of drug-likeness (QED) is 0.0621. The van der Waals surface area contributed by atoms with Gasteiger partial charge < -0.3 is 55.9 Å². The Morgan fingerprint density at radius 3 is 1.31 bits per heavy atom. The van der Waals surface area contributed by atoms with Crippen molar-refractivity contribution in [1.82, 2.24) is 90.6 Å². The molecule has 0 fully saturated rings. The summed E-state index contributed by atoms with van der Waals surface area (Å²) in [4.78, 5) is 43.0. The third-order valence-electron chi connectivity index (χ3n) is 19.7. The Balaban J connectivity index is 0.000000127. The topological polar surface area (TPSA) is 369 Å². The van der Waals surface area contributed by atoms with Gasteiger partial charge in [0.1, 0.15) is 28.7 Å². The van der Waals surface area contributed by atoms with E-state index in [9.17, 15) is 18.3 Å². The zero-order valence-corrected chi connectivity index (χ0v) is 73.8. The molecule has 0 saturated heterocycles. The monoisotopic (exact) mass is 1780 g/mol. The van der Waals surface area contributed by atoms with Crippen molar-refractivity contribution in [2.24, 2.45) is 0 Å². The second-order valence-corrected chi connectivity index (χ2v) is 29.8. The van der Waals surface area contributed by atoms with E-state index in [1.165, 1.54) is 53.6 Å². The van der Waals surface area contributed by atoms with Gasteiger partial charge in [-0.3, -0.25) is 24.6 Å². The molecule has 1 N–H and O–H groups in total. The fraction of sp³-hybridized carbons (Fsp3) is 0.186. The third-order valence-corrected chi connectivity index (χ3v) is 20.8. The summed E-state index contributed by atoms with van der Waals surface area (Å²) in [6, 6.07) is 61.0. The van der Waals surface area contributed by atoms with Gasteiger partial charge in [0.25, 0.3) is 35.3 Å². The number of unbranched alkanes of at least 4 members (excludes halogenated alkanes) is 1. The van der Waals surface area contributed by atoms with Crippen LogP contribution < -0.4 is 23.7 Å². The molecule has 131 heavy (non-hydrogen) atoms. The molecule has 12 heterocycles. The van der Waals surface area contributed by atoms with Crippen LogP contribution in [0.3, 0.4) is 0 Å². The van der Waals surface area contributed by atoms with E-state index < -0.39 is 11.7 Å². The summed E-state index contributed by atoms with van der Waals surface area (Å²) in [6.45, 7) is 17.2. The SMILES string of the molecule is CCCCc1ccc(-c2nc(-c3ccncc3)no2)cc1.CCOc1cc(-c2nc(-c3ccncc3)no2)ccc1OC.CCOc1ccc(-c2nc(-c3ccncc3)no2)c(O)c1.CCn1nc(C)cc1-c1nc(-c2ccc(C)c(OC)c2)no1.COc1cc(-c2noc(-c3cc4ccccc4s3)n2)ccc1C.Cc1ccc(-c2nc(-c3ccncc3)no2)cc1C(F)(F)F. The predicted molar refractivity (Wildman–Crippen MR) is 485 cm³/mol. The Morgan fingerprint density at radius 2 is 0.817 bits per heavy atom. The molecule has 664 valence electrons. The van der Waals surface area contributed by atoms with E-state index in [0.717, 1.165) is 96.9 Å². The summed E-state index contributed by atoms with van der Waals surface area (Å²) in [7, 11) is 4.91. The minimum Gasteiger partial charge on any atom is -0.507 e. The van der Waals surface area contributed by atoms with E-state index in [0.29, 0.717) is 100 Å². The number of aromatic hydroxyl groups is 1. The maximum Gasteiger partial charge on any atom is 0.416 e. The van der Waals surface area contributed by atoms with Crippen LogP contribution in [0, 0.1) is 27.7 Å². The molecular weight excluding hydrogens is 1700 g/mol. The number of phenolic OH excluding ortho intramolecular Hbond substituents is 1. The predicted octanol–water partition coefficient (Wildman–Crippen LogP) is 22.6. The molecule has 0 amide bonds. The lowest BCUT2D eigenvalue weighted by Crippen LogP contribution is -2.07. The minimum absolute atomic E-state index is 0.0332. The number of hydrogen-bond donors (Lipinski definition) is 1. The van der Waals surface area contributed by atoms with Crippen molar-refractivity contribution in [3.05, 3.63) is 283 Å². The Kier molecular flexibility index (Phi) is 30.1. The zero-order chi connectivity index (χ0) is 91.8. The lowest BCUT2D eigenvalue weighted by Gasteiger charge is -2.10. The van der Waals surface area contributed by atoms with Crippen LogP contribution in [0.1, 0.15) is 74.0 Å². The number of hydrogen-bond acceptors (Lipinski definition) is 30. The highest BCUT2D eigenvalue weighted by molar-refractivity contribution is 7.22. The van der Waals surface area contributed by atoms with Crippen LogP contribution in [0.2, 0.25) is 0 Å². The molecule has 30 nitrogen and oxygen atoms in total. The average molecular weight is 1790 g/mol. The van der Waals surface area contributed by atoms with Crippen molar-refractivity contribution in [2.45, 2.75) is 87.4 Å². The summed E-state index contributed by atoms with van der Waals surface area (Å²) in [5.74, 6) is 8.78. The van der Waals surface area contributed by atoms with Gasteiger partial charge in [0.05, 0.1) is 56.2 Å². The van der Waals surface area contributed by atoms with Crippen LogP contribution >= 0.6 is 11.3 Å². The third kappa shape index (κ3) is 23.1.